The topological polar surface area (TPSA) is 40.5 Å². The summed E-state index contributed by atoms with van der Waals surface area (Å²) in [4.78, 5) is 14.5. The van der Waals surface area contributed by atoms with Gasteiger partial charge in [-0.1, -0.05) is 66.2 Å². The second-order valence-corrected chi connectivity index (χ2v) is 7.08. The van der Waals surface area contributed by atoms with Gasteiger partial charge in [0, 0.05) is 17.1 Å². The molecule has 0 radical (unpaired) electrons. The molecule has 1 amide bonds. The van der Waals surface area contributed by atoms with Crippen LogP contribution in [0.2, 0.25) is 5.02 Å². The summed E-state index contributed by atoms with van der Waals surface area (Å²) in [6, 6.07) is 22.0. The number of aliphatic hydroxyl groups is 1. The Hall–Kier alpha value is -3.11. The Morgan fingerprint density at radius 2 is 1.68 bits per heavy atom. The third-order valence-corrected chi connectivity index (χ3v) is 5.05. The molecule has 4 rings (SSSR count). The number of hydrogen-bond acceptors (Lipinski definition) is 2. The molecule has 1 N–H and O–H groups in total. The van der Waals surface area contributed by atoms with Gasteiger partial charge in [-0.05, 0) is 41.0 Å². The zero-order valence-corrected chi connectivity index (χ0v) is 15.6. The maximum absolute atomic E-state index is 13.3. The van der Waals surface area contributed by atoms with Crippen LogP contribution in [-0.2, 0) is 11.3 Å². The van der Waals surface area contributed by atoms with Crippen LogP contribution in [0.3, 0.4) is 0 Å². The van der Waals surface area contributed by atoms with E-state index < -0.39 is 11.9 Å². The van der Waals surface area contributed by atoms with Crippen LogP contribution in [0, 0.1) is 5.82 Å². The molecule has 140 valence electrons. The van der Waals surface area contributed by atoms with Gasteiger partial charge >= 0.3 is 0 Å². The molecule has 3 aromatic carbocycles. The van der Waals surface area contributed by atoms with E-state index in [9.17, 15) is 14.3 Å². The fourth-order valence-corrected chi connectivity index (χ4v) is 3.74. The quantitative estimate of drug-likeness (QED) is 0.633. The summed E-state index contributed by atoms with van der Waals surface area (Å²) < 4.78 is 13.3. The van der Waals surface area contributed by atoms with E-state index in [-0.39, 0.29) is 18.1 Å². The van der Waals surface area contributed by atoms with Crippen molar-refractivity contribution in [3.8, 4) is 0 Å². The Bertz CT molecular complexity index is 1050. The number of carbonyl (C=O) groups is 1. The normalized spacial score (nSPS) is 16.7. The first kappa shape index (κ1) is 18.3. The molecule has 1 atom stereocenters. The van der Waals surface area contributed by atoms with Crippen LogP contribution in [0.4, 0.5) is 4.39 Å². The lowest BCUT2D eigenvalue weighted by molar-refractivity contribution is -0.130. The number of rotatable bonds is 4. The van der Waals surface area contributed by atoms with Crippen molar-refractivity contribution in [2.24, 2.45) is 0 Å². The third kappa shape index (κ3) is 3.39. The fourth-order valence-electron chi connectivity index (χ4n) is 3.54. The van der Waals surface area contributed by atoms with Crippen LogP contribution < -0.4 is 0 Å². The van der Waals surface area contributed by atoms with E-state index in [1.54, 1.807) is 29.2 Å². The standard InChI is InChI=1S/C23H17ClFNO2/c24-18-8-4-7-17(13-18)21-20(16-5-2-1-3-6-16)22(27)23(28)26(21)14-15-9-11-19(25)12-10-15/h1-13,21,27H,14H2/t21-/m1/s1. The molecule has 3 aromatic rings. The Morgan fingerprint density at radius 1 is 0.964 bits per heavy atom. The molecule has 0 saturated carbocycles. The Balaban J connectivity index is 1.81. The highest BCUT2D eigenvalue weighted by molar-refractivity contribution is 6.30. The van der Waals surface area contributed by atoms with Crippen LogP contribution >= 0.6 is 11.6 Å². The second kappa shape index (κ2) is 7.49. The lowest BCUT2D eigenvalue weighted by Gasteiger charge is -2.27. The van der Waals surface area contributed by atoms with Crippen molar-refractivity contribution in [3.05, 3.63) is 112 Å². The lowest BCUT2D eigenvalue weighted by atomic mass is 9.93. The summed E-state index contributed by atoms with van der Waals surface area (Å²) in [7, 11) is 0. The molecule has 3 nitrogen and oxygen atoms in total. The third-order valence-electron chi connectivity index (χ3n) is 4.82. The number of halogens is 2. The Kier molecular flexibility index (Phi) is 4.88. The summed E-state index contributed by atoms with van der Waals surface area (Å²) in [5, 5.41) is 11.2. The Morgan fingerprint density at radius 3 is 2.36 bits per heavy atom. The van der Waals surface area contributed by atoms with E-state index in [0.717, 1.165) is 16.7 Å². The molecule has 28 heavy (non-hydrogen) atoms. The predicted molar refractivity (Wildman–Crippen MR) is 107 cm³/mol. The molecule has 0 spiro atoms. The Labute approximate surface area is 167 Å². The van der Waals surface area contributed by atoms with Crippen LogP contribution in [0.15, 0.2) is 84.6 Å². The molecule has 1 aliphatic rings. The highest BCUT2D eigenvalue weighted by Crippen LogP contribution is 2.44. The minimum Gasteiger partial charge on any atom is -0.503 e. The predicted octanol–water partition coefficient (Wildman–Crippen LogP) is 5.53. The number of amides is 1. The summed E-state index contributed by atoms with van der Waals surface area (Å²) in [6.45, 7) is 0.233. The number of aliphatic hydroxyl groups excluding tert-OH is 1. The second-order valence-electron chi connectivity index (χ2n) is 6.65. The van der Waals surface area contributed by atoms with Crippen molar-refractivity contribution in [1.29, 1.82) is 0 Å². The van der Waals surface area contributed by atoms with Gasteiger partial charge in [0.1, 0.15) is 5.82 Å². The number of benzene rings is 3. The smallest absolute Gasteiger partial charge is 0.290 e. The largest absolute Gasteiger partial charge is 0.503 e. The fraction of sp³-hybridized carbons (Fsp3) is 0.0870. The number of carbonyl (C=O) groups excluding carboxylic acids is 1. The van der Waals surface area contributed by atoms with Crippen LogP contribution in [0.25, 0.3) is 5.57 Å². The maximum Gasteiger partial charge on any atom is 0.290 e. The number of nitrogens with zero attached hydrogens (tertiary/aromatic N) is 1. The van der Waals surface area contributed by atoms with Gasteiger partial charge in [0.2, 0.25) is 0 Å². The first-order valence-corrected chi connectivity index (χ1v) is 9.22. The molecular weight excluding hydrogens is 377 g/mol. The average Bonchev–Trinajstić information content (AvgIpc) is 2.95. The number of hydrogen-bond donors (Lipinski definition) is 1. The molecule has 1 aliphatic heterocycles. The van der Waals surface area contributed by atoms with Gasteiger partial charge in [0.15, 0.2) is 5.76 Å². The van der Waals surface area contributed by atoms with Gasteiger partial charge in [-0.15, -0.1) is 0 Å². The van der Waals surface area contributed by atoms with E-state index >= 15 is 0 Å². The monoisotopic (exact) mass is 393 g/mol. The zero-order valence-electron chi connectivity index (χ0n) is 14.8. The van der Waals surface area contributed by atoms with E-state index in [0.29, 0.717) is 10.6 Å². The van der Waals surface area contributed by atoms with Crippen LogP contribution in [0.5, 0.6) is 0 Å². The molecule has 0 fully saturated rings. The lowest BCUT2D eigenvalue weighted by Crippen LogP contribution is -2.29. The van der Waals surface area contributed by atoms with Gasteiger partial charge in [0.25, 0.3) is 5.91 Å². The van der Waals surface area contributed by atoms with E-state index in [2.05, 4.69) is 0 Å². The molecule has 0 bridgehead atoms. The summed E-state index contributed by atoms with van der Waals surface area (Å²) in [5.74, 6) is -1.08. The summed E-state index contributed by atoms with van der Waals surface area (Å²) in [5.41, 5.74) is 2.87. The first-order valence-electron chi connectivity index (χ1n) is 8.84. The van der Waals surface area contributed by atoms with Gasteiger partial charge in [-0.25, -0.2) is 4.39 Å². The first-order chi connectivity index (χ1) is 13.5. The van der Waals surface area contributed by atoms with Crippen LogP contribution in [0.1, 0.15) is 22.7 Å². The van der Waals surface area contributed by atoms with Crippen molar-refractivity contribution < 1.29 is 14.3 Å². The van der Waals surface area contributed by atoms with Crippen molar-refractivity contribution in [1.82, 2.24) is 4.90 Å². The van der Waals surface area contributed by atoms with E-state index in [4.69, 9.17) is 11.6 Å². The maximum atomic E-state index is 13.3. The minimum atomic E-state index is -0.501. The summed E-state index contributed by atoms with van der Waals surface area (Å²) in [6.07, 6.45) is 0. The highest BCUT2D eigenvalue weighted by atomic mass is 35.5. The van der Waals surface area contributed by atoms with Crippen LogP contribution in [-0.4, -0.2) is 15.9 Å². The molecule has 5 heteroatoms. The van der Waals surface area contributed by atoms with Crippen molar-refractivity contribution in [2.75, 3.05) is 0 Å². The zero-order chi connectivity index (χ0) is 19.7. The van der Waals surface area contributed by atoms with Crippen molar-refractivity contribution in [2.45, 2.75) is 12.6 Å². The molecule has 0 saturated heterocycles. The van der Waals surface area contributed by atoms with Gasteiger partial charge < -0.3 is 10.0 Å². The average molecular weight is 394 g/mol. The molecule has 0 aliphatic carbocycles. The molecule has 0 aromatic heterocycles. The van der Waals surface area contributed by atoms with E-state index in [1.807, 2.05) is 42.5 Å². The SMILES string of the molecule is O=C1C(O)=C(c2ccccc2)[C@@H](c2cccc(Cl)c2)N1Cc1ccc(F)cc1. The van der Waals surface area contributed by atoms with Crippen molar-refractivity contribution >= 4 is 23.1 Å². The minimum absolute atomic E-state index is 0.233. The van der Waals surface area contributed by atoms with Gasteiger partial charge in [-0.3, -0.25) is 4.79 Å². The summed E-state index contributed by atoms with van der Waals surface area (Å²) >= 11 is 6.19. The molecule has 0 unspecified atom stereocenters. The van der Waals surface area contributed by atoms with Gasteiger partial charge in [-0.2, -0.15) is 0 Å². The van der Waals surface area contributed by atoms with E-state index in [1.165, 1.54) is 12.1 Å². The molecule has 1 heterocycles. The van der Waals surface area contributed by atoms with Crippen molar-refractivity contribution in [3.63, 3.8) is 0 Å². The van der Waals surface area contributed by atoms with Gasteiger partial charge in [0.05, 0.1) is 6.04 Å². The molecular formula is C23H17ClFNO2. The highest BCUT2D eigenvalue weighted by Gasteiger charge is 2.41.